The van der Waals surface area contributed by atoms with E-state index in [4.69, 9.17) is 4.42 Å². The van der Waals surface area contributed by atoms with Crippen LogP contribution in [0.3, 0.4) is 0 Å². The summed E-state index contributed by atoms with van der Waals surface area (Å²) in [5.74, 6) is 2.61. The van der Waals surface area contributed by atoms with Gasteiger partial charge in [-0.05, 0) is 66.2 Å². The van der Waals surface area contributed by atoms with E-state index in [1.807, 2.05) is 12.3 Å². The maximum absolute atomic E-state index is 5.95. The zero-order valence-corrected chi connectivity index (χ0v) is 17.8. The van der Waals surface area contributed by atoms with Crippen LogP contribution in [0.1, 0.15) is 75.3 Å². The summed E-state index contributed by atoms with van der Waals surface area (Å²) in [6.07, 6.45) is 7.14. The number of hydrogen-bond acceptors (Lipinski definition) is 3. The third kappa shape index (κ3) is 4.21. The van der Waals surface area contributed by atoms with Gasteiger partial charge in [-0.3, -0.25) is 4.90 Å². The summed E-state index contributed by atoms with van der Waals surface area (Å²) in [5.41, 5.74) is 3.44. The second kappa shape index (κ2) is 8.42. The van der Waals surface area contributed by atoms with Crippen LogP contribution in [0, 0.1) is 11.3 Å². The second-order valence-electron chi connectivity index (χ2n) is 9.75. The summed E-state index contributed by atoms with van der Waals surface area (Å²) >= 11 is 0. The van der Waals surface area contributed by atoms with Crippen molar-refractivity contribution in [3.63, 3.8) is 0 Å². The molecular formula is C25H36N2O. The number of rotatable bonds is 4. The molecule has 1 aliphatic carbocycles. The van der Waals surface area contributed by atoms with E-state index in [2.05, 4.69) is 61.3 Å². The van der Waals surface area contributed by atoms with Crippen LogP contribution in [0.25, 0.3) is 0 Å². The van der Waals surface area contributed by atoms with Crippen molar-refractivity contribution in [3.05, 3.63) is 59.5 Å². The first-order chi connectivity index (χ1) is 13.5. The highest BCUT2D eigenvalue weighted by molar-refractivity contribution is 5.37. The lowest BCUT2D eigenvalue weighted by atomic mass is 9.68. The van der Waals surface area contributed by atoms with Crippen molar-refractivity contribution in [3.8, 4) is 0 Å². The fourth-order valence-electron chi connectivity index (χ4n) is 5.32. The maximum Gasteiger partial charge on any atom is 0.125 e. The van der Waals surface area contributed by atoms with E-state index >= 15 is 0 Å². The van der Waals surface area contributed by atoms with Gasteiger partial charge < -0.3 is 9.73 Å². The molecule has 0 bridgehead atoms. The maximum atomic E-state index is 5.95. The molecule has 1 aromatic carbocycles. The predicted molar refractivity (Wildman–Crippen MR) is 116 cm³/mol. The number of furan rings is 1. The number of nitrogens with one attached hydrogen (secondary N) is 1. The summed E-state index contributed by atoms with van der Waals surface area (Å²) in [4.78, 5) is 2.59. The number of nitrogens with zero attached hydrogens (tertiary/aromatic N) is 1. The molecule has 2 aliphatic rings. The van der Waals surface area contributed by atoms with Crippen molar-refractivity contribution in [2.75, 3.05) is 26.2 Å². The predicted octanol–water partition coefficient (Wildman–Crippen LogP) is 5.59. The first kappa shape index (κ1) is 19.7. The zero-order chi connectivity index (χ0) is 19.6. The van der Waals surface area contributed by atoms with Gasteiger partial charge in [0.05, 0.1) is 12.3 Å². The molecule has 0 amide bonds. The fraction of sp³-hybridized carbons (Fsp3) is 0.600. The van der Waals surface area contributed by atoms with Crippen molar-refractivity contribution in [1.29, 1.82) is 0 Å². The first-order valence-corrected chi connectivity index (χ1v) is 11.1. The molecule has 1 aromatic heterocycles. The Morgan fingerprint density at radius 3 is 2.32 bits per heavy atom. The third-order valence-corrected chi connectivity index (χ3v) is 7.01. The van der Waals surface area contributed by atoms with Crippen LogP contribution in [0.2, 0.25) is 0 Å². The second-order valence-corrected chi connectivity index (χ2v) is 9.75. The van der Waals surface area contributed by atoms with E-state index in [0.29, 0.717) is 11.3 Å². The lowest BCUT2D eigenvalue weighted by Crippen LogP contribution is -2.45. The Labute approximate surface area is 170 Å². The Balaban J connectivity index is 1.62. The molecule has 0 radical (unpaired) electrons. The largest absolute Gasteiger partial charge is 0.467 e. The van der Waals surface area contributed by atoms with Crippen LogP contribution in [0.5, 0.6) is 0 Å². The zero-order valence-electron chi connectivity index (χ0n) is 17.8. The average Bonchev–Trinajstić information content (AvgIpc) is 3.23. The lowest BCUT2D eigenvalue weighted by Gasteiger charge is -2.39. The van der Waals surface area contributed by atoms with E-state index in [1.165, 1.54) is 31.2 Å². The van der Waals surface area contributed by atoms with Crippen molar-refractivity contribution in [1.82, 2.24) is 10.2 Å². The van der Waals surface area contributed by atoms with Crippen molar-refractivity contribution in [2.45, 2.75) is 58.4 Å². The molecule has 2 aromatic rings. The standard InChI is InChI=1S/C25H36N2O/c1-25(2,3)20-12-10-19(11-13-20)21-7-4-5-8-22(21)24(23-9-6-18-28-23)27-16-14-26-15-17-27/h4-9,18-20,24,26H,10-17H2,1-3H3. The van der Waals surface area contributed by atoms with E-state index in [1.54, 1.807) is 5.56 Å². The highest BCUT2D eigenvalue weighted by atomic mass is 16.3. The average molecular weight is 381 g/mol. The Hall–Kier alpha value is -1.58. The molecule has 152 valence electrons. The molecule has 3 nitrogen and oxygen atoms in total. The van der Waals surface area contributed by atoms with E-state index in [-0.39, 0.29) is 6.04 Å². The third-order valence-electron chi connectivity index (χ3n) is 7.01. The van der Waals surface area contributed by atoms with Crippen molar-refractivity contribution < 1.29 is 4.42 Å². The van der Waals surface area contributed by atoms with Gasteiger partial charge in [0.2, 0.25) is 0 Å². The van der Waals surface area contributed by atoms with Gasteiger partial charge in [0.25, 0.3) is 0 Å². The molecule has 1 atom stereocenters. The van der Waals surface area contributed by atoms with Crippen LogP contribution in [0.15, 0.2) is 47.1 Å². The minimum Gasteiger partial charge on any atom is -0.467 e. The Bertz CT molecular complexity index is 732. The molecule has 2 fully saturated rings. The highest BCUT2D eigenvalue weighted by Gasteiger charge is 2.33. The van der Waals surface area contributed by atoms with E-state index < -0.39 is 0 Å². The van der Waals surface area contributed by atoms with Gasteiger partial charge in [-0.1, -0.05) is 45.0 Å². The summed E-state index contributed by atoms with van der Waals surface area (Å²) in [7, 11) is 0. The normalized spacial score (nSPS) is 25.5. The number of piperazine rings is 1. The van der Waals surface area contributed by atoms with Gasteiger partial charge >= 0.3 is 0 Å². The van der Waals surface area contributed by atoms with Crippen LogP contribution >= 0.6 is 0 Å². The Morgan fingerprint density at radius 2 is 1.68 bits per heavy atom. The van der Waals surface area contributed by atoms with Crippen LogP contribution in [-0.2, 0) is 0 Å². The Morgan fingerprint density at radius 1 is 0.964 bits per heavy atom. The summed E-state index contributed by atoms with van der Waals surface area (Å²) in [6.45, 7) is 11.5. The first-order valence-electron chi connectivity index (χ1n) is 11.1. The van der Waals surface area contributed by atoms with Crippen LogP contribution < -0.4 is 5.32 Å². The topological polar surface area (TPSA) is 28.4 Å². The molecule has 1 aliphatic heterocycles. The summed E-state index contributed by atoms with van der Waals surface area (Å²) < 4.78 is 5.95. The Kier molecular flexibility index (Phi) is 5.93. The summed E-state index contributed by atoms with van der Waals surface area (Å²) in [6, 6.07) is 13.6. The number of hydrogen-bond donors (Lipinski definition) is 1. The van der Waals surface area contributed by atoms with Gasteiger partial charge in [-0.2, -0.15) is 0 Å². The van der Waals surface area contributed by atoms with Gasteiger partial charge in [-0.25, -0.2) is 0 Å². The molecule has 1 unspecified atom stereocenters. The molecular weight excluding hydrogens is 344 g/mol. The minimum atomic E-state index is 0.230. The number of benzene rings is 1. The molecule has 2 heterocycles. The minimum absolute atomic E-state index is 0.230. The molecule has 1 saturated carbocycles. The smallest absolute Gasteiger partial charge is 0.125 e. The van der Waals surface area contributed by atoms with E-state index in [9.17, 15) is 0 Å². The molecule has 4 rings (SSSR count). The molecule has 3 heteroatoms. The van der Waals surface area contributed by atoms with Crippen molar-refractivity contribution in [2.24, 2.45) is 11.3 Å². The van der Waals surface area contributed by atoms with Gasteiger partial charge in [0.15, 0.2) is 0 Å². The molecule has 1 saturated heterocycles. The monoisotopic (exact) mass is 380 g/mol. The SMILES string of the molecule is CC(C)(C)C1CCC(c2ccccc2C(c2ccco2)N2CCNCC2)CC1. The van der Waals surface area contributed by atoms with Gasteiger partial charge in [-0.15, -0.1) is 0 Å². The lowest BCUT2D eigenvalue weighted by molar-refractivity contribution is 0.165. The van der Waals surface area contributed by atoms with Gasteiger partial charge in [0.1, 0.15) is 5.76 Å². The van der Waals surface area contributed by atoms with E-state index in [0.717, 1.165) is 37.9 Å². The molecule has 28 heavy (non-hydrogen) atoms. The summed E-state index contributed by atoms with van der Waals surface area (Å²) in [5, 5.41) is 3.49. The quantitative estimate of drug-likeness (QED) is 0.749. The fourth-order valence-corrected chi connectivity index (χ4v) is 5.32. The highest BCUT2D eigenvalue weighted by Crippen LogP contribution is 2.45. The van der Waals surface area contributed by atoms with Crippen molar-refractivity contribution >= 4 is 0 Å². The van der Waals surface area contributed by atoms with Gasteiger partial charge in [0, 0.05) is 26.2 Å². The van der Waals surface area contributed by atoms with Crippen LogP contribution in [0.4, 0.5) is 0 Å². The van der Waals surface area contributed by atoms with Crippen LogP contribution in [-0.4, -0.2) is 31.1 Å². The molecule has 1 N–H and O–H groups in total. The molecule has 0 spiro atoms.